The quantitative estimate of drug-likeness (QED) is 0.824. The van der Waals surface area contributed by atoms with Gasteiger partial charge in [-0.25, -0.2) is 4.98 Å². The second-order valence-electron chi connectivity index (χ2n) is 4.47. The minimum Gasteiger partial charge on any atom is -0.396 e. The molecular formula is C12H21N3. The van der Waals surface area contributed by atoms with Crippen molar-refractivity contribution < 1.29 is 0 Å². The van der Waals surface area contributed by atoms with Gasteiger partial charge in [-0.3, -0.25) is 0 Å². The summed E-state index contributed by atoms with van der Waals surface area (Å²) >= 11 is 0. The van der Waals surface area contributed by atoms with Gasteiger partial charge in [-0.1, -0.05) is 13.8 Å². The Balaban J connectivity index is 2.73. The first-order chi connectivity index (χ1) is 7.02. The molecular weight excluding hydrogens is 186 g/mol. The SMILES string of the molecule is Cc1ccnc(N(C)CCC(C)C)c1N. The maximum atomic E-state index is 5.99. The molecule has 0 fully saturated rings. The molecule has 2 N–H and O–H groups in total. The fourth-order valence-corrected chi connectivity index (χ4v) is 1.42. The third kappa shape index (κ3) is 3.11. The first kappa shape index (κ1) is 11.8. The lowest BCUT2D eigenvalue weighted by molar-refractivity contribution is 0.584. The summed E-state index contributed by atoms with van der Waals surface area (Å²) in [5, 5.41) is 0. The van der Waals surface area contributed by atoms with Gasteiger partial charge in [-0.15, -0.1) is 0 Å². The van der Waals surface area contributed by atoms with Gasteiger partial charge in [0, 0.05) is 19.8 Å². The van der Waals surface area contributed by atoms with Crippen LogP contribution in [0.25, 0.3) is 0 Å². The van der Waals surface area contributed by atoms with Crippen LogP contribution in [0.4, 0.5) is 11.5 Å². The third-order valence-corrected chi connectivity index (χ3v) is 2.59. The molecule has 0 aliphatic carbocycles. The van der Waals surface area contributed by atoms with E-state index in [1.807, 2.05) is 26.2 Å². The van der Waals surface area contributed by atoms with Crippen LogP contribution in [-0.2, 0) is 0 Å². The van der Waals surface area contributed by atoms with Crippen molar-refractivity contribution in [3.8, 4) is 0 Å². The minimum atomic E-state index is 0.707. The Morgan fingerprint density at radius 3 is 2.73 bits per heavy atom. The fourth-order valence-electron chi connectivity index (χ4n) is 1.42. The molecule has 1 aromatic rings. The molecule has 0 aromatic carbocycles. The minimum absolute atomic E-state index is 0.707. The summed E-state index contributed by atoms with van der Waals surface area (Å²) in [4.78, 5) is 6.45. The lowest BCUT2D eigenvalue weighted by Crippen LogP contribution is -2.22. The monoisotopic (exact) mass is 207 g/mol. The molecule has 0 saturated carbocycles. The predicted molar refractivity (Wildman–Crippen MR) is 66.1 cm³/mol. The van der Waals surface area contributed by atoms with Crippen molar-refractivity contribution in [2.45, 2.75) is 27.2 Å². The van der Waals surface area contributed by atoms with E-state index < -0.39 is 0 Å². The van der Waals surface area contributed by atoms with E-state index in [-0.39, 0.29) is 0 Å². The second kappa shape index (κ2) is 5.01. The number of aromatic nitrogens is 1. The number of rotatable bonds is 4. The Kier molecular flexibility index (Phi) is 3.95. The molecule has 84 valence electrons. The first-order valence-corrected chi connectivity index (χ1v) is 5.44. The van der Waals surface area contributed by atoms with Crippen molar-refractivity contribution in [3.05, 3.63) is 17.8 Å². The molecule has 1 aromatic heterocycles. The van der Waals surface area contributed by atoms with Crippen molar-refractivity contribution >= 4 is 11.5 Å². The molecule has 0 radical (unpaired) electrons. The molecule has 0 aliphatic rings. The zero-order valence-corrected chi connectivity index (χ0v) is 10.1. The van der Waals surface area contributed by atoms with E-state index in [9.17, 15) is 0 Å². The summed E-state index contributed by atoms with van der Waals surface area (Å²) in [6, 6.07) is 1.94. The van der Waals surface area contributed by atoms with Gasteiger partial charge in [-0.05, 0) is 30.9 Å². The summed E-state index contributed by atoms with van der Waals surface area (Å²) in [7, 11) is 2.04. The Morgan fingerprint density at radius 1 is 1.47 bits per heavy atom. The van der Waals surface area contributed by atoms with E-state index in [1.54, 1.807) is 0 Å². The molecule has 3 heteroatoms. The van der Waals surface area contributed by atoms with Crippen molar-refractivity contribution in [3.63, 3.8) is 0 Å². The number of hydrogen-bond acceptors (Lipinski definition) is 3. The fraction of sp³-hybridized carbons (Fsp3) is 0.583. The van der Waals surface area contributed by atoms with E-state index in [1.165, 1.54) is 0 Å². The highest BCUT2D eigenvalue weighted by Gasteiger charge is 2.08. The highest BCUT2D eigenvalue weighted by molar-refractivity contribution is 5.65. The molecule has 0 spiro atoms. The summed E-state index contributed by atoms with van der Waals surface area (Å²) in [5.41, 5.74) is 7.87. The predicted octanol–water partition coefficient (Wildman–Crippen LogP) is 2.45. The van der Waals surface area contributed by atoms with E-state index in [4.69, 9.17) is 5.73 Å². The molecule has 0 aliphatic heterocycles. The first-order valence-electron chi connectivity index (χ1n) is 5.44. The zero-order valence-electron chi connectivity index (χ0n) is 10.1. The van der Waals surface area contributed by atoms with Gasteiger partial charge in [0.25, 0.3) is 0 Å². The van der Waals surface area contributed by atoms with Crippen molar-refractivity contribution in [2.24, 2.45) is 5.92 Å². The molecule has 1 heterocycles. The summed E-state index contributed by atoms with van der Waals surface area (Å²) < 4.78 is 0. The number of nitrogen functional groups attached to an aromatic ring is 1. The molecule has 3 nitrogen and oxygen atoms in total. The summed E-state index contributed by atoms with van der Waals surface area (Å²) in [6.07, 6.45) is 2.97. The number of nitrogens with two attached hydrogens (primary N) is 1. The van der Waals surface area contributed by atoms with E-state index in [2.05, 4.69) is 23.7 Å². The lowest BCUT2D eigenvalue weighted by Gasteiger charge is -2.21. The van der Waals surface area contributed by atoms with Crippen LogP contribution in [0.3, 0.4) is 0 Å². The molecule has 0 amide bonds. The van der Waals surface area contributed by atoms with Gasteiger partial charge in [0.1, 0.15) is 0 Å². The maximum Gasteiger partial charge on any atom is 0.151 e. The topological polar surface area (TPSA) is 42.2 Å². The number of pyridine rings is 1. The summed E-state index contributed by atoms with van der Waals surface area (Å²) in [5.74, 6) is 1.61. The zero-order chi connectivity index (χ0) is 11.4. The van der Waals surface area contributed by atoms with Gasteiger partial charge in [0.15, 0.2) is 5.82 Å². The maximum absolute atomic E-state index is 5.99. The Bertz CT molecular complexity index is 321. The van der Waals surface area contributed by atoms with Crippen LogP contribution in [0.2, 0.25) is 0 Å². The molecule has 1 rings (SSSR count). The lowest BCUT2D eigenvalue weighted by atomic mass is 10.1. The van der Waals surface area contributed by atoms with Crippen molar-refractivity contribution in [2.75, 3.05) is 24.2 Å². The highest BCUT2D eigenvalue weighted by atomic mass is 15.2. The van der Waals surface area contributed by atoms with E-state index in [0.29, 0.717) is 5.92 Å². The van der Waals surface area contributed by atoms with Crippen LogP contribution in [0, 0.1) is 12.8 Å². The average molecular weight is 207 g/mol. The van der Waals surface area contributed by atoms with Crippen LogP contribution < -0.4 is 10.6 Å². The third-order valence-electron chi connectivity index (χ3n) is 2.59. The van der Waals surface area contributed by atoms with Crippen LogP contribution in [-0.4, -0.2) is 18.6 Å². The van der Waals surface area contributed by atoms with Crippen LogP contribution in [0.1, 0.15) is 25.8 Å². The van der Waals surface area contributed by atoms with Gasteiger partial charge in [0.2, 0.25) is 0 Å². The second-order valence-corrected chi connectivity index (χ2v) is 4.47. The van der Waals surface area contributed by atoms with Crippen LogP contribution >= 0.6 is 0 Å². The Labute approximate surface area is 92.3 Å². The van der Waals surface area contributed by atoms with Gasteiger partial charge in [0.05, 0.1) is 5.69 Å². The Morgan fingerprint density at radius 2 is 2.13 bits per heavy atom. The normalized spacial score (nSPS) is 10.7. The molecule has 0 atom stereocenters. The van der Waals surface area contributed by atoms with Gasteiger partial charge >= 0.3 is 0 Å². The summed E-state index contributed by atoms with van der Waals surface area (Å²) in [6.45, 7) is 7.46. The highest BCUT2D eigenvalue weighted by Crippen LogP contribution is 2.22. The standard InChI is InChI=1S/C12H21N3/c1-9(2)6-8-15(4)12-11(13)10(3)5-7-14-12/h5,7,9H,6,8,13H2,1-4H3. The van der Waals surface area contributed by atoms with Crippen LogP contribution in [0.15, 0.2) is 12.3 Å². The number of nitrogens with zero attached hydrogens (tertiary/aromatic N) is 2. The number of aryl methyl sites for hydroxylation is 1. The molecule has 0 bridgehead atoms. The van der Waals surface area contributed by atoms with Gasteiger partial charge in [-0.2, -0.15) is 0 Å². The molecule has 0 saturated heterocycles. The average Bonchev–Trinajstić information content (AvgIpc) is 2.18. The number of hydrogen-bond donors (Lipinski definition) is 1. The van der Waals surface area contributed by atoms with Gasteiger partial charge < -0.3 is 10.6 Å². The smallest absolute Gasteiger partial charge is 0.151 e. The van der Waals surface area contributed by atoms with Crippen LogP contribution in [0.5, 0.6) is 0 Å². The molecule has 0 unspecified atom stereocenters. The number of anilines is 2. The largest absolute Gasteiger partial charge is 0.396 e. The molecule has 15 heavy (non-hydrogen) atoms. The van der Waals surface area contributed by atoms with Crippen molar-refractivity contribution in [1.29, 1.82) is 0 Å². The van der Waals surface area contributed by atoms with Crippen molar-refractivity contribution in [1.82, 2.24) is 4.98 Å². The van der Waals surface area contributed by atoms with E-state index in [0.717, 1.165) is 30.0 Å². The van der Waals surface area contributed by atoms with E-state index >= 15 is 0 Å². The Hall–Kier alpha value is -1.25.